The lowest BCUT2D eigenvalue weighted by Crippen LogP contribution is -2.57. The van der Waals surface area contributed by atoms with Crippen LogP contribution in [-0.2, 0) is 19.2 Å². The average molecular weight is 1110 g/mol. The molecule has 6 unspecified atom stereocenters. The van der Waals surface area contributed by atoms with Crippen LogP contribution >= 0.6 is 11.3 Å². The maximum absolute atomic E-state index is 14.2. The molecule has 1 saturated carbocycles. The number of nitrogens with zero attached hydrogens (tertiary/aromatic N) is 7. The maximum Gasteiger partial charge on any atom is 0.270 e. The number of fused-ring (bicyclic) bond motifs is 1. The number of amides is 4. The van der Waals surface area contributed by atoms with E-state index in [1.165, 1.54) is 5.56 Å². The molecule has 4 fully saturated rings. The number of aromatic nitrogens is 4. The number of hydrogen-bond donors (Lipinski definition) is 5. The maximum atomic E-state index is 14.2. The molecule has 17 nitrogen and oxygen atoms in total. The summed E-state index contributed by atoms with van der Waals surface area (Å²) in [4.78, 5) is 81.7. The number of rotatable bonds is 15. The van der Waals surface area contributed by atoms with E-state index in [2.05, 4.69) is 71.0 Å². The summed E-state index contributed by atoms with van der Waals surface area (Å²) >= 11 is 1.60. The molecule has 6 aliphatic rings. The first-order valence-electron chi connectivity index (χ1n) is 28.0. The molecule has 424 valence electrons. The molecule has 7 heterocycles. The summed E-state index contributed by atoms with van der Waals surface area (Å²) in [7, 11) is 1.89. The van der Waals surface area contributed by atoms with Crippen molar-refractivity contribution in [3.63, 3.8) is 0 Å². The molecule has 7 atom stereocenters. The van der Waals surface area contributed by atoms with E-state index in [4.69, 9.17) is 0 Å². The highest BCUT2D eigenvalue weighted by Crippen LogP contribution is 2.72. The second-order valence-corrected chi connectivity index (χ2v) is 24.7. The predicted octanol–water partition coefficient (Wildman–Crippen LogP) is 8.10. The van der Waals surface area contributed by atoms with Crippen molar-refractivity contribution in [1.82, 2.24) is 51.0 Å². The summed E-state index contributed by atoms with van der Waals surface area (Å²) in [6.45, 7) is 14.8. The van der Waals surface area contributed by atoms with Crippen LogP contribution in [0.5, 0.6) is 0 Å². The standard InChI is InChI=1S/C50H62N10O4S.C10H12F2N2O/c1-32(35-14-16-37(17-15-35)45-33(2)53-31-65-45)55-48(63)42-13-10-22-59(42)49(64)46(50(3,4)5)56-47(62)41-19-18-40(27-52-41)57-23-20-34(21-24-57)25-43(61)58-28-38(29-58)44(36-11-8-7-9-12-36)60-30-39(51-6)26-54-60;1-9-3-6-5(7(4-15)14-13-6)2-8(9)10(9,11)12/h7-9,11-12,14-19,26-27,30-32,34,38,42,44,46,51H,10,13,20-25,28-29H2,1-6H3,(H,55,63)(H,56,62);4,7-8,13-14H,2-3H2,1H3/t;7?,8?,9-/m.1/s1. The van der Waals surface area contributed by atoms with Crippen molar-refractivity contribution >= 4 is 52.6 Å². The molecule has 3 aromatic heterocycles. The number of piperidine rings is 1. The smallest absolute Gasteiger partial charge is 0.270 e. The van der Waals surface area contributed by atoms with Gasteiger partial charge in [-0.2, -0.15) is 5.10 Å². The Morgan fingerprint density at radius 1 is 0.925 bits per heavy atom. The molecule has 4 amide bonds. The molecule has 5 N–H and O–H groups in total. The van der Waals surface area contributed by atoms with Gasteiger partial charge in [0.2, 0.25) is 17.7 Å². The van der Waals surface area contributed by atoms with Gasteiger partial charge in [-0.05, 0) is 91.7 Å². The quantitative estimate of drug-likeness (QED) is 0.0633. The first kappa shape index (κ1) is 56.2. The zero-order valence-electron chi connectivity index (χ0n) is 46.7. The van der Waals surface area contributed by atoms with Gasteiger partial charge in [-0.15, -0.1) is 11.3 Å². The van der Waals surface area contributed by atoms with Gasteiger partial charge in [-0.1, -0.05) is 82.3 Å². The van der Waals surface area contributed by atoms with E-state index in [0.717, 1.165) is 76.6 Å². The summed E-state index contributed by atoms with van der Waals surface area (Å²) in [5.41, 5.74) is 13.9. The number of carbonyl (C=O) groups excluding carboxylic acids is 5. The van der Waals surface area contributed by atoms with Crippen LogP contribution in [0.3, 0.4) is 0 Å². The van der Waals surface area contributed by atoms with Crippen molar-refractivity contribution < 1.29 is 32.8 Å². The Labute approximate surface area is 470 Å². The van der Waals surface area contributed by atoms with Gasteiger partial charge in [0.05, 0.1) is 51.9 Å². The number of aryl methyl sites for hydroxylation is 1. The van der Waals surface area contributed by atoms with Crippen molar-refractivity contribution in [2.75, 3.05) is 50.0 Å². The monoisotopic (exact) mass is 1110 g/mol. The van der Waals surface area contributed by atoms with E-state index in [1.54, 1.807) is 35.4 Å². The normalized spacial score (nSPS) is 23.5. The number of benzene rings is 2. The van der Waals surface area contributed by atoms with Gasteiger partial charge in [0.25, 0.3) is 11.8 Å². The fourth-order valence-electron chi connectivity index (χ4n) is 12.4. The number of likely N-dealkylation sites (tertiary alicyclic amines) is 2. The van der Waals surface area contributed by atoms with Crippen molar-refractivity contribution in [3.05, 3.63) is 125 Å². The van der Waals surface area contributed by atoms with Crippen LogP contribution in [0.2, 0.25) is 0 Å². The Balaban J connectivity index is 0.000000410. The molecule has 0 spiro atoms. The number of allylic oxidation sites excluding steroid dienone is 1. The van der Waals surface area contributed by atoms with Crippen molar-refractivity contribution in [3.8, 4) is 10.4 Å². The number of thiazole rings is 1. The van der Waals surface area contributed by atoms with Gasteiger partial charge in [0, 0.05) is 81.8 Å². The fourth-order valence-corrected chi connectivity index (χ4v) is 13.2. The molecule has 80 heavy (non-hydrogen) atoms. The molecule has 0 bridgehead atoms. The number of carbonyl (C=O) groups is 5. The first-order chi connectivity index (χ1) is 38.3. The highest BCUT2D eigenvalue weighted by atomic mass is 32.1. The second-order valence-electron chi connectivity index (χ2n) is 23.9. The molecule has 11 rings (SSSR count). The fraction of sp³-hybridized carbons (Fsp3) is 0.500. The third-order valence-corrected chi connectivity index (χ3v) is 18.6. The van der Waals surface area contributed by atoms with Crippen LogP contribution < -0.4 is 31.7 Å². The van der Waals surface area contributed by atoms with Crippen molar-refractivity contribution in [2.45, 2.75) is 123 Å². The van der Waals surface area contributed by atoms with Gasteiger partial charge < -0.3 is 40.9 Å². The Morgan fingerprint density at radius 2 is 1.66 bits per heavy atom. The third kappa shape index (κ3) is 11.3. The molecule has 0 radical (unpaired) electrons. The molecular weight excluding hydrogens is 1040 g/mol. The molecule has 20 heteroatoms. The number of halogens is 2. The lowest BCUT2D eigenvalue weighted by atomic mass is 9.85. The minimum absolute atomic E-state index is 0.0615. The topological polar surface area (TPSA) is 199 Å². The largest absolute Gasteiger partial charge is 0.386 e. The third-order valence-electron chi connectivity index (χ3n) is 17.6. The zero-order valence-corrected chi connectivity index (χ0v) is 47.5. The molecular formula is C60H74F2N12O5S. The summed E-state index contributed by atoms with van der Waals surface area (Å²) < 4.78 is 28.9. The van der Waals surface area contributed by atoms with Crippen LogP contribution in [0.25, 0.3) is 10.4 Å². The average Bonchev–Trinajstić information content (AvgIpc) is 3.48. The van der Waals surface area contributed by atoms with Gasteiger partial charge in [-0.3, -0.25) is 23.9 Å². The van der Waals surface area contributed by atoms with E-state index in [9.17, 15) is 32.8 Å². The lowest BCUT2D eigenvalue weighted by Gasteiger charge is -2.44. The summed E-state index contributed by atoms with van der Waals surface area (Å²) in [6.07, 6.45) is 10.6. The van der Waals surface area contributed by atoms with Crippen molar-refractivity contribution in [1.29, 1.82) is 0 Å². The predicted molar refractivity (Wildman–Crippen MR) is 303 cm³/mol. The minimum atomic E-state index is -2.56. The number of pyridine rings is 1. The highest BCUT2D eigenvalue weighted by Gasteiger charge is 2.78. The van der Waals surface area contributed by atoms with Crippen LogP contribution in [0.15, 0.2) is 102 Å². The number of anilines is 2. The van der Waals surface area contributed by atoms with E-state index < -0.39 is 46.7 Å². The molecule has 2 aliphatic carbocycles. The number of hydrogen-bond acceptors (Lipinski definition) is 13. The van der Waals surface area contributed by atoms with Gasteiger partial charge >= 0.3 is 0 Å². The van der Waals surface area contributed by atoms with Gasteiger partial charge in [0.15, 0.2) is 0 Å². The molecule has 5 aromatic rings. The molecule has 4 aliphatic heterocycles. The summed E-state index contributed by atoms with van der Waals surface area (Å²) in [5.74, 6) is -3.26. The van der Waals surface area contributed by atoms with Crippen LogP contribution in [0, 0.1) is 35.5 Å². The summed E-state index contributed by atoms with van der Waals surface area (Å²) in [6, 6.07) is 20.0. The van der Waals surface area contributed by atoms with E-state index >= 15 is 0 Å². The zero-order chi connectivity index (χ0) is 56.7. The summed E-state index contributed by atoms with van der Waals surface area (Å²) in [5, 5.41) is 13.9. The molecule has 2 aromatic carbocycles. The van der Waals surface area contributed by atoms with Crippen molar-refractivity contribution in [2.24, 2.45) is 28.6 Å². The Bertz CT molecular complexity index is 3090. The Morgan fingerprint density at radius 3 is 2.30 bits per heavy atom. The van der Waals surface area contributed by atoms with Gasteiger partial charge in [-0.25, -0.2) is 24.2 Å². The number of aldehydes is 1. The lowest BCUT2D eigenvalue weighted by molar-refractivity contribution is -0.142. The minimum Gasteiger partial charge on any atom is -0.386 e. The SMILES string of the molecule is CNc1cnn(C(c2ccccc2)C2CN(C(=O)CC3CCN(c4ccc(C(=O)NC(C(=O)N5CCCC5C(=O)NC(C)c5ccc(-c6scnc6C)cc5)C(C)(C)C)nc4)CC3)C2)c1.C[C@@]12CC3=C(CC1C2(F)F)C(C=O)NN3. The number of nitrogens with one attached hydrogen (secondary N) is 5. The van der Waals surface area contributed by atoms with Crippen LogP contribution in [-0.4, -0.2) is 123 Å². The van der Waals surface area contributed by atoms with Crippen LogP contribution in [0.4, 0.5) is 20.2 Å². The Kier molecular flexibility index (Phi) is 16.0. The number of hydrazine groups is 1. The highest BCUT2D eigenvalue weighted by molar-refractivity contribution is 7.13. The van der Waals surface area contributed by atoms with E-state index in [1.807, 2.05) is 106 Å². The number of alkyl halides is 2. The van der Waals surface area contributed by atoms with Crippen LogP contribution in [0.1, 0.15) is 119 Å². The van der Waals surface area contributed by atoms with Gasteiger partial charge in [0.1, 0.15) is 30.1 Å². The molecule has 3 saturated heterocycles. The van der Waals surface area contributed by atoms with E-state index in [0.29, 0.717) is 57.7 Å². The first-order valence-corrected chi connectivity index (χ1v) is 28.9. The Hall–Kier alpha value is -7.06. The van der Waals surface area contributed by atoms with E-state index in [-0.39, 0.29) is 41.4 Å². The second kappa shape index (κ2) is 22.8.